The number of aliphatic hydroxyl groups is 1. The van der Waals surface area contributed by atoms with Crippen molar-refractivity contribution in [1.29, 1.82) is 0 Å². The number of halogens is 1. The van der Waals surface area contributed by atoms with Crippen LogP contribution < -0.4 is 5.32 Å². The second-order valence-corrected chi connectivity index (χ2v) is 7.03. The van der Waals surface area contributed by atoms with Gasteiger partial charge in [0.15, 0.2) is 0 Å². The summed E-state index contributed by atoms with van der Waals surface area (Å²) in [6.07, 6.45) is -1.98. The molecule has 0 aliphatic heterocycles. The largest absolute Gasteiger partial charge is 0.443 e. The van der Waals surface area contributed by atoms with Crippen molar-refractivity contribution >= 4 is 17.6 Å². The number of ether oxygens (including phenoxy) is 1. The van der Waals surface area contributed by atoms with Gasteiger partial charge in [0.05, 0.1) is 6.10 Å². The number of rotatable bonds is 6. The van der Waals surface area contributed by atoms with E-state index in [1.165, 1.54) is 24.3 Å². The van der Waals surface area contributed by atoms with Crippen LogP contribution in [0.1, 0.15) is 52.0 Å². The second-order valence-electron chi connectivity index (χ2n) is 7.03. The smallest absolute Gasteiger partial charge is 0.356 e. The molecule has 0 fully saturated rings. The van der Waals surface area contributed by atoms with E-state index in [-0.39, 0.29) is 5.69 Å². The van der Waals surface area contributed by atoms with Crippen LogP contribution >= 0.6 is 0 Å². The molecule has 0 aliphatic rings. The molecular formula is C23H23FN2O4. The lowest BCUT2D eigenvalue weighted by molar-refractivity contribution is -0.125. The lowest BCUT2D eigenvalue weighted by atomic mass is 10.1. The second kappa shape index (κ2) is 8.92. The molecule has 3 N–H and O–H groups in total. The van der Waals surface area contributed by atoms with E-state index in [1.54, 1.807) is 51.1 Å². The summed E-state index contributed by atoms with van der Waals surface area (Å²) in [7, 11) is 0. The number of nitrogens with one attached hydrogen (secondary N) is 2. The molecule has 0 spiro atoms. The van der Waals surface area contributed by atoms with Crippen molar-refractivity contribution in [2.75, 3.05) is 5.32 Å². The Kier molecular flexibility index (Phi) is 6.32. The van der Waals surface area contributed by atoms with Crippen molar-refractivity contribution in [3.63, 3.8) is 0 Å². The third-order valence-corrected chi connectivity index (χ3v) is 4.79. The van der Waals surface area contributed by atoms with Gasteiger partial charge in [0.2, 0.25) is 6.10 Å². The molecule has 3 rings (SSSR count). The number of esters is 1. The molecule has 2 atom stereocenters. The molecule has 7 heteroatoms. The lowest BCUT2D eigenvalue weighted by Gasteiger charge is -2.18. The Morgan fingerprint density at radius 3 is 2.27 bits per heavy atom. The van der Waals surface area contributed by atoms with Gasteiger partial charge in [-0.1, -0.05) is 30.3 Å². The van der Waals surface area contributed by atoms with Crippen LogP contribution in [-0.4, -0.2) is 22.0 Å². The first kappa shape index (κ1) is 21.3. The van der Waals surface area contributed by atoms with Crippen molar-refractivity contribution in [2.24, 2.45) is 0 Å². The van der Waals surface area contributed by atoms with Crippen LogP contribution in [-0.2, 0) is 9.53 Å². The quantitative estimate of drug-likeness (QED) is 0.527. The molecule has 1 amide bonds. The van der Waals surface area contributed by atoms with Gasteiger partial charge in [-0.05, 0) is 50.6 Å². The molecule has 1 aromatic heterocycles. The van der Waals surface area contributed by atoms with E-state index in [4.69, 9.17) is 4.74 Å². The third-order valence-electron chi connectivity index (χ3n) is 4.79. The van der Waals surface area contributed by atoms with Crippen molar-refractivity contribution in [3.8, 4) is 0 Å². The predicted molar refractivity (Wildman–Crippen MR) is 111 cm³/mol. The molecule has 1 heterocycles. The van der Waals surface area contributed by atoms with Crippen LogP contribution in [0.15, 0.2) is 54.6 Å². The van der Waals surface area contributed by atoms with E-state index < -0.39 is 29.9 Å². The normalized spacial score (nSPS) is 12.8. The number of H-pyrrole nitrogens is 1. The Labute approximate surface area is 173 Å². The number of aliphatic hydroxyl groups excluding tert-OH is 1. The standard InChI is InChI=1S/C23H23FN2O4/c1-13-19(15(3)27)14(2)25-20(13)23(29)30-21(16-7-5-4-6-8-16)22(28)26-18-11-9-17(24)10-12-18/h4-12,15,21,25,27H,1-3H3,(H,26,28)/t15-,21-/m1/s1. The summed E-state index contributed by atoms with van der Waals surface area (Å²) in [6.45, 7) is 5.07. The maximum atomic E-state index is 13.1. The van der Waals surface area contributed by atoms with Crippen molar-refractivity contribution in [2.45, 2.75) is 33.0 Å². The minimum absolute atomic E-state index is 0.180. The number of aromatic amines is 1. The Bertz CT molecular complexity index is 1040. The Morgan fingerprint density at radius 1 is 1.07 bits per heavy atom. The fourth-order valence-electron chi connectivity index (χ4n) is 3.40. The highest BCUT2D eigenvalue weighted by Gasteiger charge is 2.28. The molecule has 0 saturated carbocycles. The van der Waals surface area contributed by atoms with Crippen molar-refractivity contribution < 1.29 is 23.8 Å². The number of carbonyl (C=O) groups is 2. The lowest BCUT2D eigenvalue weighted by Crippen LogP contribution is -2.26. The van der Waals surface area contributed by atoms with Gasteiger partial charge in [0.1, 0.15) is 11.5 Å². The maximum absolute atomic E-state index is 13.1. The van der Waals surface area contributed by atoms with E-state index in [9.17, 15) is 19.1 Å². The molecule has 0 radical (unpaired) electrons. The zero-order valence-corrected chi connectivity index (χ0v) is 16.9. The molecule has 0 aliphatic carbocycles. The number of hydrogen-bond acceptors (Lipinski definition) is 4. The molecular weight excluding hydrogens is 387 g/mol. The number of carbonyl (C=O) groups excluding carboxylic acids is 2. The average Bonchev–Trinajstić information content (AvgIpc) is 3.02. The Balaban J connectivity index is 1.88. The van der Waals surface area contributed by atoms with Crippen LogP contribution in [0.5, 0.6) is 0 Å². The van der Waals surface area contributed by atoms with Gasteiger partial charge in [0, 0.05) is 22.5 Å². The van der Waals surface area contributed by atoms with Gasteiger partial charge in [-0.15, -0.1) is 0 Å². The predicted octanol–water partition coefficient (Wildman–Crippen LogP) is 4.36. The fraction of sp³-hybridized carbons (Fsp3) is 0.217. The fourth-order valence-corrected chi connectivity index (χ4v) is 3.40. The molecule has 0 saturated heterocycles. The van der Waals surface area contributed by atoms with Crippen LogP contribution in [0.3, 0.4) is 0 Å². The number of amides is 1. The summed E-state index contributed by atoms with van der Waals surface area (Å²) in [6, 6.07) is 13.9. The van der Waals surface area contributed by atoms with Crippen LogP contribution in [0, 0.1) is 19.7 Å². The zero-order chi connectivity index (χ0) is 21.8. The van der Waals surface area contributed by atoms with Gasteiger partial charge in [-0.2, -0.15) is 0 Å². The van der Waals surface area contributed by atoms with E-state index in [0.717, 1.165) is 0 Å². The van der Waals surface area contributed by atoms with Crippen LogP contribution in [0.4, 0.5) is 10.1 Å². The van der Waals surface area contributed by atoms with Gasteiger partial charge in [-0.25, -0.2) is 9.18 Å². The van der Waals surface area contributed by atoms with Crippen LogP contribution in [0.25, 0.3) is 0 Å². The molecule has 6 nitrogen and oxygen atoms in total. The van der Waals surface area contributed by atoms with Gasteiger partial charge < -0.3 is 20.1 Å². The highest BCUT2D eigenvalue weighted by atomic mass is 19.1. The summed E-state index contributed by atoms with van der Waals surface area (Å²) in [5, 5.41) is 12.6. The Hall–Kier alpha value is -3.45. The first-order valence-electron chi connectivity index (χ1n) is 9.47. The minimum Gasteiger partial charge on any atom is -0.443 e. The highest BCUT2D eigenvalue weighted by Crippen LogP contribution is 2.27. The van der Waals surface area contributed by atoms with Crippen LogP contribution in [0.2, 0.25) is 0 Å². The maximum Gasteiger partial charge on any atom is 0.356 e. The van der Waals surface area contributed by atoms with E-state index in [2.05, 4.69) is 10.3 Å². The molecule has 3 aromatic rings. The zero-order valence-electron chi connectivity index (χ0n) is 16.9. The first-order valence-corrected chi connectivity index (χ1v) is 9.47. The average molecular weight is 410 g/mol. The van der Waals surface area contributed by atoms with Crippen molar-refractivity contribution in [1.82, 2.24) is 4.98 Å². The third kappa shape index (κ3) is 4.58. The highest BCUT2D eigenvalue weighted by molar-refractivity contribution is 5.98. The monoisotopic (exact) mass is 410 g/mol. The summed E-state index contributed by atoms with van der Waals surface area (Å²) >= 11 is 0. The Morgan fingerprint density at radius 2 is 1.70 bits per heavy atom. The van der Waals surface area contributed by atoms with E-state index in [1.807, 2.05) is 0 Å². The molecule has 2 aromatic carbocycles. The number of anilines is 1. The molecule has 30 heavy (non-hydrogen) atoms. The number of aryl methyl sites for hydroxylation is 1. The summed E-state index contributed by atoms with van der Waals surface area (Å²) in [4.78, 5) is 28.7. The van der Waals surface area contributed by atoms with Crippen molar-refractivity contribution in [3.05, 3.63) is 88.5 Å². The van der Waals surface area contributed by atoms with Gasteiger partial charge >= 0.3 is 5.97 Å². The van der Waals surface area contributed by atoms with Gasteiger partial charge in [0.25, 0.3) is 5.91 Å². The van der Waals surface area contributed by atoms with Gasteiger partial charge in [-0.3, -0.25) is 4.79 Å². The number of aromatic nitrogens is 1. The van der Waals surface area contributed by atoms with E-state index >= 15 is 0 Å². The minimum atomic E-state index is -1.22. The molecule has 0 unspecified atom stereocenters. The van der Waals surface area contributed by atoms with E-state index in [0.29, 0.717) is 28.1 Å². The topological polar surface area (TPSA) is 91.4 Å². The SMILES string of the molecule is Cc1[nH]c(C(=O)O[C@@H](C(=O)Nc2ccc(F)cc2)c2ccccc2)c(C)c1[C@@H](C)O. The molecule has 0 bridgehead atoms. The number of hydrogen-bond donors (Lipinski definition) is 3. The first-order chi connectivity index (χ1) is 14.3. The summed E-state index contributed by atoms with van der Waals surface area (Å²) < 4.78 is 18.7. The summed E-state index contributed by atoms with van der Waals surface area (Å²) in [5.41, 5.74) is 2.89. The molecule has 156 valence electrons. The summed E-state index contributed by atoms with van der Waals surface area (Å²) in [5.74, 6) is -1.71. The number of benzene rings is 2.